The van der Waals surface area contributed by atoms with Crippen molar-refractivity contribution in [2.45, 2.75) is 12.5 Å². The van der Waals surface area contributed by atoms with Crippen LogP contribution in [0.1, 0.15) is 23.2 Å². The van der Waals surface area contributed by atoms with E-state index in [2.05, 4.69) is 31.5 Å². The van der Waals surface area contributed by atoms with Crippen LogP contribution in [0.25, 0.3) is 11.1 Å². The van der Waals surface area contributed by atoms with E-state index in [1.165, 1.54) is 26.1 Å². The highest BCUT2D eigenvalue weighted by molar-refractivity contribution is 9.10. The summed E-state index contributed by atoms with van der Waals surface area (Å²) in [5.41, 5.74) is -0.271. The van der Waals surface area contributed by atoms with Gasteiger partial charge in [-0.15, -0.1) is 0 Å². The van der Waals surface area contributed by atoms with Gasteiger partial charge < -0.3 is 15.1 Å². The summed E-state index contributed by atoms with van der Waals surface area (Å²) in [5, 5.41) is 13.2. The number of sulfonamides is 1. The zero-order valence-electron chi connectivity index (χ0n) is 16.4. The summed E-state index contributed by atoms with van der Waals surface area (Å²) in [6.45, 7) is 1.48. The van der Waals surface area contributed by atoms with Crippen LogP contribution in [0.5, 0.6) is 0 Å². The Morgan fingerprint density at radius 3 is 2.81 bits per heavy atom. The van der Waals surface area contributed by atoms with Gasteiger partial charge in [0.15, 0.2) is 5.58 Å². The molecule has 3 N–H and O–H groups in total. The maximum Gasteiger partial charge on any atom is 0.311 e. The van der Waals surface area contributed by atoms with E-state index in [1.54, 1.807) is 18.2 Å². The molecule has 1 aliphatic rings. The highest BCUT2D eigenvalue weighted by Crippen LogP contribution is 2.31. The zero-order valence-corrected chi connectivity index (χ0v) is 18.8. The largest absolute Gasteiger partial charge is 0.432 e. The molecule has 1 aliphatic heterocycles. The Hall–Kier alpha value is -2.99. The highest BCUT2D eigenvalue weighted by atomic mass is 79.9. The van der Waals surface area contributed by atoms with Crippen molar-refractivity contribution >= 4 is 54.6 Å². The number of amides is 1. The van der Waals surface area contributed by atoms with Crippen LogP contribution >= 0.6 is 15.9 Å². The average Bonchev–Trinajstić information content (AvgIpc) is 3.10. The van der Waals surface area contributed by atoms with Crippen LogP contribution in [-0.2, 0) is 15.6 Å². The third-order valence-electron chi connectivity index (χ3n) is 4.96. The van der Waals surface area contributed by atoms with Gasteiger partial charge >= 0.3 is 5.91 Å². The van der Waals surface area contributed by atoms with Crippen molar-refractivity contribution in [2.24, 2.45) is 0 Å². The number of rotatable bonds is 3. The number of carbonyl (C=O) groups excluding carboxylic acids is 1. The second-order valence-electron chi connectivity index (χ2n) is 7.31. The lowest BCUT2D eigenvalue weighted by Gasteiger charge is -2.40. The fraction of sp³-hybridized carbons (Fsp3) is 0.211. The molecule has 9 nitrogen and oxygen atoms in total. The number of nitrogens with zero attached hydrogens (tertiary/aromatic N) is 2. The van der Waals surface area contributed by atoms with E-state index in [1.807, 2.05) is 0 Å². The molecule has 12 heteroatoms. The maximum atomic E-state index is 14.6. The van der Waals surface area contributed by atoms with Crippen molar-refractivity contribution in [2.75, 3.05) is 18.1 Å². The first kappa shape index (κ1) is 21.2. The molecule has 0 bridgehead atoms. The summed E-state index contributed by atoms with van der Waals surface area (Å²) in [7, 11) is -2.57. The average molecular weight is 510 g/mol. The zero-order chi connectivity index (χ0) is 22.6. The standard InChI is InChI=1S/C19H17BrFN5O4S/c1-19(9-31(28,29)26(2)18(22)25-19)12-8-11(4-5-13(12)21)23-16(27)17-24-14-7-10(20)3-6-15(14)30-17/h3-8H,9H2,1-2H3,(H2,22,25)(H,23,27)/t19-/m0/s1. The molecule has 0 saturated carbocycles. The molecule has 1 amide bonds. The Morgan fingerprint density at radius 2 is 2.10 bits per heavy atom. The number of benzene rings is 2. The Morgan fingerprint density at radius 1 is 1.35 bits per heavy atom. The normalized spacial score (nSPS) is 20.5. The lowest BCUT2D eigenvalue weighted by Crippen LogP contribution is -2.61. The van der Waals surface area contributed by atoms with Crippen LogP contribution < -0.4 is 10.6 Å². The summed E-state index contributed by atoms with van der Waals surface area (Å²) in [5.74, 6) is -2.33. The van der Waals surface area contributed by atoms with Crippen LogP contribution in [0.2, 0.25) is 0 Å². The summed E-state index contributed by atoms with van der Waals surface area (Å²) in [6, 6.07) is 8.91. The van der Waals surface area contributed by atoms with Crippen LogP contribution in [0, 0.1) is 11.2 Å². The minimum Gasteiger partial charge on any atom is -0.432 e. The Balaban J connectivity index is 1.64. The van der Waals surface area contributed by atoms with Crippen molar-refractivity contribution in [1.29, 1.82) is 5.41 Å². The quantitative estimate of drug-likeness (QED) is 0.497. The van der Waals surface area contributed by atoms with Gasteiger partial charge in [-0.25, -0.2) is 22.1 Å². The molecule has 0 spiro atoms. The van der Waals surface area contributed by atoms with Gasteiger partial charge in [-0.05, 0) is 43.3 Å². The molecule has 3 aromatic rings. The Labute approximate surface area is 185 Å². The molecular formula is C19H17BrFN5O4S. The fourth-order valence-corrected chi connectivity index (χ4v) is 5.15. The molecule has 31 heavy (non-hydrogen) atoms. The predicted octanol–water partition coefficient (Wildman–Crippen LogP) is 3.00. The molecule has 2 aromatic carbocycles. The third kappa shape index (κ3) is 3.88. The molecule has 1 aromatic heterocycles. The van der Waals surface area contributed by atoms with Gasteiger partial charge in [-0.1, -0.05) is 15.9 Å². The first-order valence-electron chi connectivity index (χ1n) is 8.99. The second-order valence-corrected chi connectivity index (χ2v) is 10.2. The fourth-order valence-electron chi connectivity index (χ4n) is 3.33. The number of oxazole rings is 1. The van der Waals surface area contributed by atoms with Gasteiger partial charge in [0.2, 0.25) is 16.0 Å². The van der Waals surface area contributed by atoms with Crippen molar-refractivity contribution in [3.63, 3.8) is 0 Å². The van der Waals surface area contributed by atoms with Crippen molar-refractivity contribution < 1.29 is 22.0 Å². The number of carbonyl (C=O) groups is 1. The Bertz CT molecular complexity index is 1340. The van der Waals surface area contributed by atoms with E-state index in [0.717, 1.165) is 14.8 Å². The minimum absolute atomic E-state index is 0.00628. The van der Waals surface area contributed by atoms with Gasteiger partial charge in [0.25, 0.3) is 5.89 Å². The lowest BCUT2D eigenvalue weighted by atomic mass is 9.93. The number of nitrogens with one attached hydrogen (secondary N) is 3. The molecule has 1 atom stereocenters. The van der Waals surface area contributed by atoms with Gasteiger partial charge in [0.05, 0.1) is 11.3 Å². The van der Waals surface area contributed by atoms with Crippen molar-refractivity contribution in [1.82, 2.24) is 14.6 Å². The summed E-state index contributed by atoms with van der Waals surface area (Å²) < 4.78 is 46.4. The summed E-state index contributed by atoms with van der Waals surface area (Å²) in [4.78, 5) is 16.7. The second kappa shape index (κ2) is 7.31. The highest BCUT2D eigenvalue weighted by Gasteiger charge is 2.43. The van der Waals surface area contributed by atoms with Gasteiger partial charge in [0, 0.05) is 22.8 Å². The molecule has 0 aliphatic carbocycles. The van der Waals surface area contributed by atoms with Gasteiger partial charge in [0.1, 0.15) is 11.3 Å². The van der Waals surface area contributed by atoms with Crippen LogP contribution in [0.4, 0.5) is 10.1 Å². The first-order valence-corrected chi connectivity index (χ1v) is 11.4. The number of halogens is 2. The van der Waals surface area contributed by atoms with Gasteiger partial charge in [-0.3, -0.25) is 10.2 Å². The van der Waals surface area contributed by atoms with Crippen molar-refractivity contribution in [3.8, 4) is 0 Å². The number of anilines is 1. The number of guanidine groups is 1. The monoisotopic (exact) mass is 509 g/mol. The van der Waals surface area contributed by atoms with E-state index < -0.39 is 33.0 Å². The van der Waals surface area contributed by atoms with E-state index in [9.17, 15) is 17.6 Å². The number of hydrogen-bond donors (Lipinski definition) is 3. The lowest BCUT2D eigenvalue weighted by molar-refractivity contribution is 0.0992. The minimum atomic E-state index is -3.82. The molecule has 0 radical (unpaired) electrons. The number of fused-ring (bicyclic) bond motifs is 1. The first-order chi connectivity index (χ1) is 14.5. The number of hydrogen-bond acceptors (Lipinski definition) is 6. The molecule has 1 saturated heterocycles. The van der Waals surface area contributed by atoms with E-state index in [-0.39, 0.29) is 23.1 Å². The molecule has 4 rings (SSSR count). The van der Waals surface area contributed by atoms with Crippen LogP contribution in [-0.4, -0.2) is 42.4 Å². The van der Waals surface area contributed by atoms with E-state index in [0.29, 0.717) is 11.1 Å². The Kier molecular flexibility index (Phi) is 5.01. The topological polar surface area (TPSA) is 128 Å². The van der Waals surface area contributed by atoms with Crippen molar-refractivity contribution in [3.05, 3.63) is 58.1 Å². The molecule has 1 fully saturated rings. The molecule has 2 heterocycles. The molecule has 0 unspecified atom stereocenters. The van der Waals surface area contributed by atoms with Gasteiger partial charge in [-0.2, -0.15) is 0 Å². The molecule has 162 valence electrons. The smallest absolute Gasteiger partial charge is 0.311 e. The van der Waals surface area contributed by atoms with E-state index in [4.69, 9.17) is 9.83 Å². The SMILES string of the molecule is CN1C(=N)N[C@](C)(c2cc(NC(=O)c3nc4cc(Br)ccc4o3)ccc2F)CS1(=O)=O. The molecular weight excluding hydrogens is 493 g/mol. The van der Waals surface area contributed by atoms with Crippen LogP contribution in [0.3, 0.4) is 0 Å². The summed E-state index contributed by atoms with van der Waals surface area (Å²) in [6.07, 6.45) is 0. The maximum absolute atomic E-state index is 14.6. The predicted molar refractivity (Wildman–Crippen MR) is 116 cm³/mol. The van der Waals surface area contributed by atoms with E-state index >= 15 is 0 Å². The third-order valence-corrected chi connectivity index (χ3v) is 7.41. The van der Waals surface area contributed by atoms with Crippen LogP contribution in [0.15, 0.2) is 45.3 Å². The summed E-state index contributed by atoms with van der Waals surface area (Å²) >= 11 is 3.32. The number of aromatic nitrogens is 1.